The molecule has 0 radical (unpaired) electrons. The lowest BCUT2D eigenvalue weighted by atomic mass is 9.92. The summed E-state index contributed by atoms with van der Waals surface area (Å²) in [5.74, 6) is 6.55. The van der Waals surface area contributed by atoms with Gasteiger partial charge in [-0.2, -0.15) is 0 Å². The van der Waals surface area contributed by atoms with Crippen molar-refractivity contribution in [3.05, 3.63) is 29.8 Å². The summed E-state index contributed by atoms with van der Waals surface area (Å²) in [5, 5.41) is 0. The maximum Gasteiger partial charge on any atom is 0.120 e. The van der Waals surface area contributed by atoms with Crippen molar-refractivity contribution in [3.63, 3.8) is 0 Å². The van der Waals surface area contributed by atoms with Gasteiger partial charge in [-0.3, -0.25) is 11.3 Å². The fraction of sp³-hybridized carbons (Fsp3) is 0.600. The molecule has 0 aliphatic rings. The van der Waals surface area contributed by atoms with E-state index in [-0.39, 0.29) is 17.7 Å². The quantitative estimate of drug-likeness (QED) is 0.588. The largest absolute Gasteiger partial charge is 0.491 e. The zero-order chi connectivity index (χ0) is 14.5. The monoisotopic (exact) mass is 266 g/mol. The number of hydrogen-bond donors (Lipinski definition) is 2. The normalized spacial score (nSPS) is 13.6. The molecular formula is C15H26N2O2. The number of nitrogens with one attached hydrogen (secondary N) is 1. The van der Waals surface area contributed by atoms with Gasteiger partial charge in [-0.25, -0.2) is 0 Å². The molecule has 0 bridgehead atoms. The Morgan fingerprint density at radius 3 is 2.53 bits per heavy atom. The van der Waals surface area contributed by atoms with Crippen LogP contribution < -0.4 is 16.0 Å². The number of ether oxygens (including phenoxy) is 2. The smallest absolute Gasteiger partial charge is 0.120 e. The van der Waals surface area contributed by atoms with E-state index in [0.717, 1.165) is 11.3 Å². The Morgan fingerprint density at radius 1 is 1.32 bits per heavy atom. The van der Waals surface area contributed by atoms with Gasteiger partial charge >= 0.3 is 0 Å². The minimum absolute atomic E-state index is 0.0943. The zero-order valence-electron chi connectivity index (χ0n) is 12.6. The van der Waals surface area contributed by atoms with E-state index in [2.05, 4.69) is 5.43 Å². The van der Waals surface area contributed by atoms with Crippen LogP contribution in [-0.4, -0.2) is 18.3 Å². The number of hydrogen-bond acceptors (Lipinski definition) is 4. The first-order valence-electron chi connectivity index (χ1n) is 6.77. The van der Waals surface area contributed by atoms with E-state index >= 15 is 0 Å². The predicted octanol–water partition coefficient (Wildman–Crippen LogP) is 2.79. The molecule has 0 saturated heterocycles. The molecule has 0 amide bonds. The molecule has 0 saturated carbocycles. The van der Waals surface area contributed by atoms with Gasteiger partial charge in [0.05, 0.1) is 17.7 Å². The van der Waals surface area contributed by atoms with Crippen LogP contribution in [0.5, 0.6) is 5.75 Å². The summed E-state index contributed by atoms with van der Waals surface area (Å²) in [7, 11) is 0. The van der Waals surface area contributed by atoms with Gasteiger partial charge in [-0.1, -0.05) is 12.1 Å². The molecule has 1 aromatic carbocycles. The van der Waals surface area contributed by atoms with Gasteiger partial charge in [0.2, 0.25) is 0 Å². The van der Waals surface area contributed by atoms with Gasteiger partial charge in [0.15, 0.2) is 0 Å². The summed E-state index contributed by atoms with van der Waals surface area (Å²) in [5.41, 5.74) is 3.51. The van der Waals surface area contributed by atoms with Crippen molar-refractivity contribution in [2.75, 3.05) is 6.61 Å². The van der Waals surface area contributed by atoms with Crippen LogP contribution in [0.15, 0.2) is 24.3 Å². The number of rotatable bonds is 7. The van der Waals surface area contributed by atoms with Crippen LogP contribution in [0.1, 0.15) is 46.2 Å². The van der Waals surface area contributed by atoms with E-state index in [1.165, 1.54) is 0 Å². The summed E-state index contributed by atoms with van der Waals surface area (Å²) in [4.78, 5) is 0. The van der Waals surface area contributed by atoms with Crippen LogP contribution in [0.2, 0.25) is 0 Å². The summed E-state index contributed by atoms with van der Waals surface area (Å²) in [6.07, 6.45) is 0.152. The van der Waals surface area contributed by atoms with Gasteiger partial charge in [0, 0.05) is 6.61 Å². The first-order valence-corrected chi connectivity index (χ1v) is 6.77. The van der Waals surface area contributed by atoms with Crippen molar-refractivity contribution in [2.45, 2.75) is 52.4 Å². The standard InChI is InChI=1S/C15H26N2O2/c1-6-18-15(4,5)14(17-16)12-8-7-9-13(10-12)19-11(2)3/h7-11,14,17H,6,16H2,1-5H3. The Bertz CT molecular complexity index is 391. The molecule has 0 aliphatic carbocycles. The van der Waals surface area contributed by atoms with E-state index in [1.807, 2.05) is 58.9 Å². The number of benzene rings is 1. The van der Waals surface area contributed by atoms with E-state index in [1.54, 1.807) is 0 Å². The van der Waals surface area contributed by atoms with Gasteiger partial charge in [-0.15, -0.1) is 0 Å². The van der Waals surface area contributed by atoms with E-state index in [4.69, 9.17) is 15.3 Å². The van der Waals surface area contributed by atoms with Crippen LogP contribution >= 0.6 is 0 Å². The molecule has 1 unspecified atom stereocenters. The van der Waals surface area contributed by atoms with Gasteiger partial charge in [0.1, 0.15) is 5.75 Å². The summed E-state index contributed by atoms with van der Waals surface area (Å²) < 4.78 is 11.5. The molecule has 108 valence electrons. The Balaban J connectivity index is 2.98. The fourth-order valence-electron chi connectivity index (χ4n) is 2.19. The lowest BCUT2D eigenvalue weighted by molar-refractivity contribution is -0.0393. The highest BCUT2D eigenvalue weighted by atomic mass is 16.5. The second-order valence-corrected chi connectivity index (χ2v) is 5.38. The maximum atomic E-state index is 5.77. The maximum absolute atomic E-state index is 5.77. The number of hydrazine groups is 1. The Hall–Kier alpha value is -1.10. The molecular weight excluding hydrogens is 240 g/mol. The summed E-state index contributed by atoms with van der Waals surface area (Å²) in [6, 6.07) is 7.86. The molecule has 19 heavy (non-hydrogen) atoms. The molecule has 1 aromatic rings. The molecule has 0 spiro atoms. The van der Waals surface area contributed by atoms with Gasteiger partial charge < -0.3 is 9.47 Å². The van der Waals surface area contributed by atoms with E-state index < -0.39 is 0 Å². The SMILES string of the molecule is CCOC(C)(C)C(NN)c1cccc(OC(C)C)c1. The van der Waals surface area contributed by atoms with Crippen LogP contribution in [0.4, 0.5) is 0 Å². The first kappa shape index (κ1) is 16.0. The predicted molar refractivity (Wildman–Crippen MR) is 78.0 cm³/mol. The zero-order valence-corrected chi connectivity index (χ0v) is 12.6. The molecule has 0 aliphatic heterocycles. The Labute approximate surface area is 116 Å². The summed E-state index contributed by atoms with van der Waals surface area (Å²) in [6.45, 7) is 10.7. The van der Waals surface area contributed by atoms with Gasteiger partial charge in [0.25, 0.3) is 0 Å². The third kappa shape index (κ3) is 4.49. The average molecular weight is 266 g/mol. The van der Waals surface area contributed by atoms with Crippen molar-refractivity contribution < 1.29 is 9.47 Å². The molecule has 1 atom stereocenters. The van der Waals surface area contributed by atoms with Crippen molar-refractivity contribution in [1.29, 1.82) is 0 Å². The number of nitrogens with two attached hydrogens (primary N) is 1. The third-order valence-corrected chi connectivity index (χ3v) is 2.94. The first-order chi connectivity index (χ1) is 8.90. The second-order valence-electron chi connectivity index (χ2n) is 5.38. The highest BCUT2D eigenvalue weighted by Crippen LogP contribution is 2.30. The highest BCUT2D eigenvalue weighted by molar-refractivity contribution is 5.32. The average Bonchev–Trinajstić information content (AvgIpc) is 2.28. The Kier molecular flexibility index (Phi) is 5.79. The topological polar surface area (TPSA) is 56.5 Å². The minimum atomic E-state index is -0.389. The molecule has 0 heterocycles. The Morgan fingerprint density at radius 2 is 2.00 bits per heavy atom. The van der Waals surface area contributed by atoms with Gasteiger partial charge in [-0.05, 0) is 52.3 Å². The summed E-state index contributed by atoms with van der Waals surface area (Å²) >= 11 is 0. The fourth-order valence-corrected chi connectivity index (χ4v) is 2.19. The van der Waals surface area contributed by atoms with Crippen LogP contribution in [0, 0.1) is 0 Å². The van der Waals surface area contributed by atoms with Crippen LogP contribution in [-0.2, 0) is 4.74 Å². The molecule has 4 nitrogen and oxygen atoms in total. The van der Waals surface area contributed by atoms with Crippen LogP contribution in [0.3, 0.4) is 0 Å². The van der Waals surface area contributed by atoms with E-state index in [0.29, 0.717) is 6.61 Å². The van der Waals surface area contributed by atoms with Crippen molar-refractivity contribution >= 4 is 0 Å². The van der Waals surface area contributed by atoms with Crippen molar-refractivity contribution in [2.24, 2.45) is 5.84 Å². The highest BCUT2D eigenvalue weighted by Gasteiger charge is 2.30. The minimum Gasteiger partial charge on any atom is -0.491 e. The lowest BCUT2D eigenvalue weighted by Crippen LogP contribution is -2.44. The third-order valence-electron chi connectivity index (χ3n) is 2.94. The van der Waals surface area contributed by atoms with Crippen LogP contribution in [0.25, 0.3) is 0 Å². The molecule has 0 aromatic heterocycles. The van der Waals surface area contributed by atoms with E-state index in [9.17, 15) is 0 Å². The molecule has 3 N–H and O–H groups in total. The molecule has 1 rings (SSSR count). The van der Waals surface area contributed by atoms with Crippen molar-refractivity contribution in [3.8, 4) is 5.75 Å². The molecule has 4 heteroatoms. The lowest BCUT2D eigenvalue weighted by Gasteiger charge is -2.34. The van der Waals surface area contributed by atoms with Crippen molar-refractivity contribution in [1.82, 2.24) is 5.43 Å². The second kappa shape index (κ2) is 6.89. The molecule has 0 fully saturated rings.